The van der Waals surface area contributed by atoms with Crippen molar-refractivity contribution in [1.82, 2.24) is 4.57 Å². The Hall–Kier alpha value is -4.30. The number of fused-ring (bicyclic) bond motifs is 1. The number of allylic oxidation sites excluding steroid dienone is 1. The van der Waals surface area contributed by atoms with E-state index in [0.717, 1.165) is 16.7 Å². The number of esters is 1. The molecule has 1 aliphatic rings. The first-order chi connectivity index (χ1) is 18.3. The predicted molar refractivity (Wildman–Crippen MR) is 146 cm³/mol. The van der Waals surface area contributed by atoms with Gasteiger partial charge < -0.3 is 9.15 Å². The lowest BCUT2D eigenvalue weighted by atomic mass is 9.95. The normalized spacial score (nSPS) is 15.3. The van der Waals surface area contributed by atoms with E-state index in [1.165, 1.54) is 18.3 Å². The molecule has 192 valence electrons. The number of ketones is 1. The van der Waals surface area contributed by atoms with Crippen molar-refractivity contribution < 1.29 is 18.7 Å². The molecule has 38 heavy (non-hydrogen) atoms. The molecule has 5 rings (SSSR count). The van der Waals surface area contributed by atoms with Gasteiger partial charge in [-0.1, -0.05) is 65.4 Å². The minimum atomic E-state index is -0.653. The topological polar surface area (TPSA) is 90.9 Å². The number of carbonyl (C=O) groups is 2. The first kappa shape index (κ1) is 25.4. The van der Waals surface area contributed by atoms with E-state index in [0.29, 0.717) is 37.7 Å². The first-order valence-electron chi connectivity index (χ1n) is 12.2. The van der Waals surface area contributed by atoms with Crippen LogP contribution in [0.2, 0.25) is 0 Å². The number of furan rings is 1. The van der Waals surface area contributed by atoms with Gasteiger partial charge in [0.15, 0.2) is 10.6 Å². The van der Waals surface area contributed by atoms with Crippen molar-refractivity contribution in [2.45, 2.75) is 33.7 Å². The number of carbonyl (C=O) groups excluding carboxylic acids is 2. The van der Waals surface area contributed by atoms with Gasteiger partial charge in [-0.3, -0.25) is 14.2 Å². The minimum Gasteiger partial charge on any atom is -0.463 e. The summed E-state index contributed by atoms with van der Waals surface area (Å²) in [6, 6.07) is 17.9. The molecule has 2 aromatic heterocycles. The van der Waals surface area contributed by atoms with Crippen molar-refractivity contribution in [3.05, 3.63) is 114 Å². The molecule has 2 aromatic carbocycles. The lowest BCUT2D eigenvalue weighted by Gasteiger charge is -2.24. The third-order valence-electron chi connectivity index (χ3n) is 6.39. The number of Topliss-reactive ketones (excluding diaryl/α,β-unsaturated/α-hetero) is 1. The number of aryl methyl sites for hydroxylation is 1. The average molecular weight is 527 g/mol. The summed E-state index contributed by atoms with van der Waals surface area (Å²) in [6.07, 6.45) is 1.69. The number of ether oxygens (including phenoxy) is 1. The molecule has 0 unspecified atom stereocenters. The monoisotopic (exact) mass is 526 g/mol. The van der Waals surface area contributed by atoms with Crippen molar-refractivity contribution in [3.63, 3.8) is 0 Å². The summed E-state index contributed by atoms with van der Waals surface area (Å²) >= 11 is 1.24. The SMILES string of the molecule is CCOC(=O)C1=C(C)N=c2s/c(=C\c3ccc(-c4ccc(C(C)=O)cc4)o3)c(=O)n2[C@H]1c1ccc(C)cc1. The van der Waals surface area contributed by atoms with Gasteiger partial charge in [0.2, 0.25) is 0 Å². The highest BCUT2D eigenvalue weighted by molar-refractivity contribution is 7.07. The molecule has 8 heteroatoms. The van der Waals surface area contributed by atoms with Crippen LogP contribution in [0.15, 0.2) is 86.1 Å². The Labute approximate surface area is 223 Å². The maximum Gasteiger partial charge on any atom is 0.338 e. The van der Waals surface area contributed by atoms with Crippen LogP contribution in [0.5, 0.6) is 0 Å². The molecular formula is C30H26N2O5S. The van der Waals surface area contributed by atoms with E-state index in [1.54, 1.807) is 42.7 Å². The third-order valence-corrected chi connectivity index (χ3v) is 7.37. The van der Waals surface area contributed by atoms with Crippen molar-refractivity contribution in [3.8, 4) is 11.3 Å². The Morgan fingerprint density at radius 2 is 1.76 bits per heavy atom. The van der Waals surface area contributed by atoms with Gasteiger partial charge in [-0.05, 0) is 45.4 Å². The van der Waals surface area contributed by atoms with Crippen molar-refractivity contribution in [2.75, 3.05) is 6.61 Å². The molecule has 0 N–H and O–H groups in total. The Balaban J connectivity index is 1.59. The fraction of sp³-hybridized carbons (Fsp3) is 0.200. The van der Waals surface area contributed by atoms with E-state index in [4.69, 9.17) is 9.15 Å². The molecule has 0 amide bonds. The quantitative estimate of drug-likeness (QED) is 0.271. The fourth-order valence-corrected chi connectivity index (χ4v) is 5.47. The van der Waals surface area contributed by atoms with E-state index < -0.39 is 12.0 Å². The van der Waals surface area contributed by atoms with Gasteiger partial charge in [-0.2, -0.15) is 0 Å². The van der Waals surface area contributed by atoms with E-state index in [1.807, 2.05) is 49.4 Å². The van der Waals surface area contributed by atoms with E-state index in [-0.39, 0.29) is 17.9 Å². The van der Waals surface area contributed by atoms with Crippen LogP contribution in [-0.2, 0) is 9.53 Å². The first-order valence-corrected chi connectivity index (χ1v) is 13.1. The molecule has 0 saturated carbocycles. The number of hydrogen-bond donors (Lipinski definition) is 0. The van der Waals surface area contributed by atoms with Gasteiger partial charge in [0.25, 0.3) is 5.56 Å². The second kappa shape index (κ2) is 10.2. The van der Waals surface area contributed by atoms with Gasteiger partial charge in [0.1, 0.15) is 11.5 Å². The van der Waals surface area contributed by atoms with E-state index in [9.17, 15) is 14.4 Å². The van der Waals surface area contributed by atoms with Crippen LogP contribution in [0, 0.1) is 6.92 Å². The van der Waals surface area contributed by atoms with Gasteiger partial charge >= 0.3 is 5.97 Å². The Morgan fingerprint density at radius 3 is 2.42 bits per heavy atom. The lowest BCUT2D eigenvalue weighted by molar-refractivity contribution is -0.139. The maximum atomic E-state index is 13.7. The molecule has 7 nitrogen and oxygen atoms in total. The summed E-state index contributed by atoms with van der Waals surface area (Å²) in [5.41, 5.74) is 3.93. The molecular weight excluding hydrogens is 500 g/mol. The average Bonchev–Trinajstić information content (AvgIpc) is 3.48. The van der Waals surface area contributed by atoms with Crippen LogP contribution in [0.4, 0.5) is 0 Å². The zero-order valence-corrected chi connectivity index (χ0v) is 22.3. The maximum absolute atomic E-state index is 13.7. The molecule has 0 spiro atoms. The van der Waals surface area contributed by atoms with Crippen LogP contribution >= 0.6 is 11.3 Å². The number of nitrogens with zero attached hydrogens (tertiary/aromatic N) is 2. The molecule has 0 bridgehead atoms. The summed E-state index contributed by atoms with van der Waals surface area (Å²) in [6.45, 7) is 7.24. The van der Waals surface area contributed by atoms with Gasteiger partial charge in [0, 0.05) is 17.2 Å². The second-order valence-electron chi connectivity index (χ2n) is 9.05. The highest BCUT2D eigenvalue weighted by Gasteiger charge is 2.33. The zero-order chi connectivity index (χ0) is 27.0. The predicted octanol–water partition coefficient (Wildman–Crippen LogP) is 4.57. The molecule has 0 aliphatic carbocycles. The molecule has 0 saturated heterocycles. The van der Waals surface area contributed by atoms with Crippen molar-refractivity contribution in [2.24, 2.45) is 4.99 Å². The minimum absolute atomic E-state index is 0.00245. The Morgan fingerprint density at radius 1 is 1.05 bits per heavy atom. The summed E-state index contributed by atoms with van der Waals surface area (Å²) < 4.78 is 13.3. The van der Waals surface area contributed by atoms with Crippen LogP contribution in [-0.4, -0.2) is 22.9 Å². The van der Waals surface area contributed by atoms with Crippen molar-refractivity contribution in [1.29, 1.82) is 0 Å². The van der Waals surface area contributed by atoms with Gasteiger partial charge in [-0.25, -0.2) is 9.79 Å². The third kappa shape index (κ3) is 4.70. The largest absolute Gasteiger partial charge is 0.463 e. The molecule has 4 aromatic rings. The zero-order valence-electron chi connectivity index (χ0n) is 21.5. The van der Waals surface area contributed by atoms with E-state index >= 15 is 0 Å². The number of benzene rings is 2. The van der Waals surface area contributed by atoms with Crippen LogP contribution in [0.1, 0.15) is 54.1 Å². The van der Waals surface area contributed by atoms with Crippen molar-refractivity contribution >= 4 is 29.2 Å². The smallest absolute Gasteiger partial charge is 0.338 e. The lowest BCUT2D eigenvalue weighted by Crippen LogP contribution is -2.39. The second-order valence-corrected chi connectivity index (χ2v) is 10.1. The van der Waals surface area contributed by atoms with Crippen LogP contribution < -0.4 is 14.9 Å². The van der Waals surface area contributed by atoms with Gasteiger partial charge in [0.05, 0.1) is 28.5 Å². The Kier molecular flexibility index (Phi) is 6.82. The molecule has 0 fully saturated rings. The number of rotatable bonds is 6. The molecule has 0 radical (unpaired) electrons. The number of aromatic nitrogens is 1. The number of hydrogen-bond acceptors (Lipinski definition) is 7. The van der Waals surface area contributed by atoms with E-state index in [2.05, 4.69) is 4.99 Å². The van der Waals surface area contributed by atoms with Crippen LogP contribution in [0.25, 0.3) is 17.4 Å². The van der Waals surface area contributed by atoms with Crippen LogP contribution in [0.3, 0.4) is 0 Å². The fourth-order valence-electron chi connectivity index (χ4n) is 4.44. The summed E-state index contributed by atoms with van der Waals surface area (Å²) in [4.78, 5) is 43.4. The highest BCUT2D eigenvalue weighted by Crippen LogP contribution is 2.31. The van der Waals surface area contributed by atoms with Gasteiger partial charge in [-0.15, -0.1) is 0 Å². The summed E-state index contributed by atoms with van der Waals surface area (Å²) in [7, 11) is 0. The standard InChI is InChI=1S/C30H26N2O5S/c1-5-36-29(35)26-18(3)31-30-32(27(26)22-8-6-17(2)7-9-22)28(34)25(38-30)16-23-14-15-24(37-23)21-12-10-20(11-13-21)19(4)33/h6-16,27H,5H2,1-4H3/b25-16-/t27-/m0/s1. The molecule has 3 heterocycles. The molecule has 1 aliphatic heterocycles. The number of thiazole rings is 1. The summed E-state index contributed by atoms with van der Waals surface area (Å²) in [5.74, 6) is 0.642. The highest BCUT2D eigenvalue weighted by atomic mass is 32.1. The molecule has 1 atom stereocenters. The summed E-state index contributed by atoms with van der Waals surface area (Å²) in [5, 5.41) is 0. The Bertz CT molecular complexity index is 1750.